The van der Waals surface area contributed by atoms with Crippen molar-refractivity contribution in [1.29, 1.82) is 0 Å². The summed E-state index contributed by atoms with van der Waals surface area (Å²) in [6, 6.07) is 0. The molecule has 0 aliphatic carbocycles. The first kappa shape index (κ1) is 8.45. The van der Waals surface area contributed by atoms with E-state index in [0.29, 0.717) is 0 Å². The van der Waals surface area contributed by atoms with E-state index in [-0.39, 0.29) is 13.0 Å². The molecule has 1 fully saturated rings. The third-order valence-electron chi connectivity index (χ3n) is 1.58. The monoisotopic (exact) mass is 162 g/mol. The van der Waals surface area contributed by atoms with E-state index in [1.54, 1.807) is 0 Å². The molecule has 0 radical (unpaired) electrons. The molecule has 11 heavy (non-hydrogen) atoms. The predicted molar refractivity (Wildman–Crippen MR) is 33.6 cm³/mol. The van der Waals surface area contributed by atoms with Crippen molar-refractivity contribution in [3.05, 3.63) is 0 Å². The number of cyclic esters (lactones) is 1. The van der Waals surface area contributed by atoms with E-state index in [9.17, 15) is 4.79 Å². The molecule has 3 N–H and O–H groups in total. The first-order valence-electron chi connectivity index (χ1n) is 3.31. The average Bonchev–Trinajstić information content (AvgIpc) is 2.05. The molecule has 1 rings (SSSR count). The minimum atomic E-state index is -1.29. The lowest BCUT2D eigenvalue weighted by atomic mass is 10.1. The van der Waals surface area contributed by atoms with Gasteiger partial charge in [-0.25, -0.2) is 0 Å². The third kappa shape index (κ3) is 1.89. The first-order valence-corrected chi connectivity index (χ1v) is 3.31. The van der Waals surface area contributed by atoms with Crippen LogP contribution in [0.3, 0.4) is 0 Å². The van der Waals surface area contributed by atoms with E-state index in [4.69, 9.17) is 15.3 Å². The van der Waals surface area contributed by atoms with E-state index < -0.39 is 24.3 Å². The van der Waals surface area contributed by atoms with Crippen LogP contribution in [-0.2, 0) is 9.53 Å². The summed E-state index contributed by atoms with van der Waals surface area (Å²) >= 11 is 0. The Balaban J connectivity index is 2.61. The SMILES string of the molecule is O=C1C[C@@H](O)[C@H](O)[C@H](O)CO1. The lowest BCUT2D eigenvalue weighted by Crippen LogP contribution is -2.37. The van der Waals surface area contributed by atoms with Crippen LogP contribution in [0.4, 0.5) is 0 Å². The summed E-state index contributed by atoms with van der Waals surface area (Å²) in [5, 5.41) is 27.0. The van der Waals surface area contributed by atoms with Crippen LogP contribution in [-0.4, -0.2) is 46.2 Å². The molecule has 3 atom stereocenters. The molecule has 5 nitrogen and oxygen atoms in total. The van der Waals surface area contributed by atoms with Crippen molar-refractivity contribution in [2.24, 2.45) is 0 Å². The van der Waals surface area contributed by atoms with Gasteiger partial charge in [0.25, 0.3) is 0 Å². The third-order valence-corrected chi connectivity index (χ3v) is 1.58. The molecule has 1 heterocycles. The summed E-state index contributed by atoms with van der Waals surface area (Å²) < 4.78 is 4.45. The van der Waals surface area contributed by atoms with Gasteiger partial charge in [-0.3, -0.25) is 4.79 Å². The Morgan fingerprint density at radius 1 is 1.27 bits per heavy atom. The summed E-state index contributed by atoms with van der Waals surface area (Å²) in [5.41, 5.74) is 0. The van der Waals surface area contributed by atoms with E-state index >= 15 is 0 Å². The number of esters is 1. The van der Waals surface area contributed by atoms with Crippen LogP contribution in [0.1, 0.15) is 6.42 Å². The fraction of sp³-hybridized carbons (Fsp3) is 0.833. The normalized spacial score (nSPS) is 39.5. The molecule has 64 valence electrons. The molecule has 0 aromatic heterocycles. The number of aliphatic hydroxyl groups excluding tert-OH is 3. The van der Waals surface area contributed by atoms with E-state index in [2.05, 4.69) is 4.74 Å². The lowest BCUT2D eigenvalue weighted by molar-refractivity contribution is -0.145. The van der Waals surface area contributed by atoms with Crippen LogP contribution >= 0.6 is 0 Å². The van der Waals surface area contributed by atoms with Crippen molar-refractivity contribution in [3.63, 3.8) is 0 Å². The maximum atomic E-state index is 10.6. The van der Waals surface area contributed by atoms with Gasteiger partial charge in [-0.05, 0) is 0 Å². The molecule has 1 aliphatic heterocycles. The molecule has 0 bridgehead atoms. The molecule has 0 aromatic carbocycles. The standard InChI is InChI=1S/C6H10O5/c7-3-1-5(9)11-2-4(8)6(3)10/h3-4,6-8,10H,1-2H2/t3-,4-,6+/m1/s1. The van der Waals surface area contributed by atoms with Crippen LogP contribution in [0.25, 0.3) is 0 Å². The number of hydrogen-bond donors (Lipinski definition) is 3. The molecular weight excluding hydrogens is 152 g/mol. The molecule has 0 spiro atoms. The summed E-state index contributed by atoms with van der Waals surface area (Å²) in [4.78, 5) is 10.6. The minimum absolute atomic E-state index is 0.253. The number of hydrogen-bond acceptors (Lipinski definition) is 5. The Hall–Kier alpha value is -0.650. The summed E-state index contributed by atoms with van der Waals surface area (Å²) in [5.74, 6) is -0.604. The van der Waals surface area contributed by atoms with Crippen molar-refractivity contribution in [3.8, 4) is 0 Å². The smallest absolute Gasteiger partial charge is 0.308 e. The Morgan fingerprint density at radius 2 is 1.91 bits per heavy atom. The van der Waals surface area contributed by atoms with E-state index in [1.807, 2.05) is 0 Å². The van der Waals surface area contributed by atoms with Crippen molar-refractivity contribution < 1.29 is 24.9 Å². The molecule has 5 heteroatoms. The number of carbonyl (C=O) groups is 1. The van der Waals surface area contributed by atoms with Gasteiger partial charge >= 0.3 is 5.97 Å². The molecule has 0 saturated carbocycles. The highest BCUT2D eigenvalue weighted by Crippen LogP contribution is 2.10. The molecule has 0 unspecified atom stereocenters. The predicted octanol–water partition coefficient (Wildman–Crippen LogP) is -1.98. The highest BCUT2D eigenvalue weighted by atomic mass is 16.5. The minimum Gasteiger partial charge on any atom is -0.463 e. The van der Waals surface area contributed by atoms with Gasteiger partial charge in [-0.2, -0.15) is 0 Å². The number of ether oxygens (including phenoxy) is 1. The zero-order valence-electron chi connectivity index (χ0n) is 5.80. The summed E-state index contributed by atoms with van der Waals surface area (Å²) in [6.07, 6.45) is -3.96. The van der Waals surface area contributed by atoms with Crippen molar-refractivity contribution >= 4 is 5.97 Å². The molecule has 0 amide bonds. The Kier molecular flexibility index (Phi) is 2.43. The fourth-order valence-corrected chi connectivity index (χ4v) is 0.884. The van der Waals surface area contributed by atoms with Crippen molar-refractivity contribution in [2.75, 3.05) is 6.61 Å². The second-order valence-corrected chi connectivity index (χ2v) is 2.51. The van der Waals surface area contributed by atoms with Crippen molar-refractivity contribution in [2.45, 2.75) is 24.7 Å². The van der Waals surface area contributed by atoms with Gasteiger partial charge < -0.3 is 20.1 Å². The van der Waals surface area contributed by atoms with Gasteiger partial charge in [0, 0.05) is 0 Å². The van der Waals surface area contributed by atoms with Gasteiger partial charge in [-0.15, -0.1) is 0 Å². The molecule has 0 aromatic rings. The fourth-order valence-electron chi connectivity index (χ4n) is 0.884. The number of rotatable bonds is 0. The van der Waals surface area contributed by atoms with Crippen molar-refractivity contribution in [1.82, 2.24) is 0 Å². The van der Waals surface area contributed by atoms with Gasteiger partial charge in [0.15, 0.2) is 0 Å². The molecular formula is C6H10O5. The second kappa shape index (κ2) is 3.17. The van der Waals surface area contributed by atoms with E-state index in [1.165, 1.54) is 0 Å². The quantitative estimate of drug-likeness (QED) is 0.359. The van der Waals surface area contributed by atoms with Gasteiger partial charge in [0.05, 0.1) is 12.5 Å². The first-order chi connectivity index (χ1) is 5.11. The highest BCUT2D eigenvalue weighted by molar-refractivity contribution is 5.70. The lowest BCUT2D eigenvalue weighted by Gasteiger charge is -2.16. The Bertz CT molecular complexity index is 157. The molecule has 1 aliphatic rings. The van der Waals surface area contributed by atoms with Gasteiger partial charge in [0.2, 0.25) is 0 Å². The average molecular weight is 162 g/mol. The summed E-state index contributed by atoms with van der Waals surface area (Å²) in [6.45, 7) is -0.253. The summed E-state index contributed by atoms with van der Waals surface area (Å²) in [7, 11) is 0. The van der Waals surface area contributed by atoms with Crippen LogP contribution < -0.4 is 0 Å². The van der Waals surface area contributed by atoms with Crippen LogP contribution in [0.5, 0.6) is 0 Å². The highest BCUT2D eigenvalue weighted by Gasteiger charge is 2.31. The Morgan fingerprint density at radius 3 is 2.55 bits per heavy atom. The number of aliphatic hydroxyl groups is 3. The maximum absolute atomic E-state index is 10.6. The second-order valence-electron chi connectivity index (χ2n) is 2.51. The maximum Gasteiger partial charge on any atom is 0.308 e. The molecule has 1 saturated heterocycles. The van der Waals surface area contributed by atoms with Crippen LogP contribution in [0.15, 0.2) is 0 Å². The topological polar surface area (TPSA) is 87.0 Å². The van der Waals surface area contributed by atoms with Crippen LogP contribution in [0, 0.1) is 0 Å². The number of carbonyl (C=O) groups excluding carboxylic acids is 1. The Labute approximate surface area is 63.2 Å². The zero-order valence-corrected chi connectivity index (χ0v) is 5.80. The van der Waals surface area contributed by atoms with Gasteiger partial charge in [-0.1, -0.05) is 0 Å². The zero-order chi connectivity index (χ0) is 8.43. The van der Waals surface area contributed by atoms with Gasteiger partial charge in [0.1, 0.15) is 18.8 Å². The van der Waals surface area contributed by atoms with Crippen LogP contribution in [0.2, 0.25) is 0 Å². The largest absolute Gasteiger partial charge is 0.463 e. The van der Waals surface area contributed by atoms with E-state index in [0.717, 1.165) is 0 Å².